The largest absolute Gasteiger partial charge is 0.390 e. The molecule has 0 saturated heterocycles. The van der Waals surface area contributed by atoms with Crippen LogP contribution in [0.5, 0.6) is 0 Å². The lowest BCUT2D eigenvalue weighted by Gasteiger charge is -2.30. The Balaban J connectivity index is 1.90. The summed E-state index contributed by atoms with van der Waals surface area (Å²) in [6, 6.07) is 21.3. The van der Waals surface area contributed by atoms with Gasteiger partial charge in [-0.15, -0.1) is 11.3 Å². The summed E-state index contributed by atoms with van der Waals surface area (Å²) in [6.45, 7) is 7.44. The Bertz CT molecular complexity index is 1550. The number of hydrogen-bond acceptors (Lipinski definition) is 6. The van der Waals surface area contributed by atoms with Gasteiger partial charge in [0.15, 0.2) is 0 Å². The minimum Gasteiger partial charge on any atom is -0.390 e. The molecule has 0 aliphatic carbocycles. The predicted octanol–water partition coefficient (Wildman–Crippen LogP) is 4.63. The summed E-state index contributed by atoms with van der Waals surface area (Å²) in [5.74, 6) is 1.84. The molecule has 0 heterocycles. The average molecular weight is 647 g/mol. The van der Waals surface area contributed by atoms with Gasteiger partial charge in [0.25, 0.3) is 21.8 Å². The van der Waals surface area contributed by atoms with E-state index in [0.717, 1.165) is 24.8 Å². The van der Waals surface area contributed by atoms with Crippen LogP contribution in [0, 0.1) is 12.3 Å². The zero-order valence-electron chi connectivity index (χ0n) is 27.0. The van der Waals surface area contributed by atoms with E-state index in [2.05, 4.69) is 16.1 Å². The lowest BCUT2D eigenvalue weighted by atomic mass is 9.99. The number of terminal acetylenes is 1. The number of hydrogen-bond donors (Lipinski definition) is 3. The molecule has 9 nitrogen and oxygen atoms in total. The summed E-state index contributed by atoms with van der Waals surface area (Å²) >= 11 is 0. The molecule has 46 heavy (non-hydrogen) atoms. The van der Waals surface area contributed by atoms with Gasteiger partial charge in [-0.1, -0.05) is 81.6 Å². The lowest BCUT2D eigenvalue weighted by Crippen LogP contribution is -2.53. The number of hydrazine groups is 1. The van der Waals surface area contributed by atoms with Crippen LogP contribution in [0.4, 0.5) is 0 Å². The van der Waals surface area contributed by atoms with E-state index in [1.54, 1.807) is 35.2 Å². The standard InChI is InChI=1S/C36H46N4O5S/c1-5-9-22-40(38-46(44,45)32-18-14-11-15-19-32)27-34(41)33(25-29-16-12-10-13-17-29)37-35(42)30-23-28(8-4)24-31(26-30)36(43)39(20-6-2)21-7-3/h4,10-19,23-24,26,33-34,38,41H,5-7,9,20-22,25,27H2,1-3H3,(H,37,42). The van der Waals surface area contributed by atoms with Crippen molar-refractivity contribution in [2.75, 3.05) is 26.2 Å². The van der Waals surface area contributed by atoms with Crippen LogP contribution >= 0.6 is 0 Å². The Labute approximate surface area is 274 Å². The molecule has 0 fully saturated rings. The first-order chi connectivity index (χ1) is 22.1. The Morgan fingerprint density at radius 2 is 1.48 bits per heavy atom. The highest BCUT2D eigenvalue weighted by Gasteiger charge is 2.27. The number of amides is 2. The van der Waals surface area contributed by atoms with Gasteiger partial charge in [-0.05, 0) is 61.6 Å². The van der Waals surface area contributed by atoms with Crippen LogP contribution in [0.25, 0.3) is 0 Å². The molecule has 3 N–H and O–H groups in total. The van der Waals surface area contributed by atoms with Crippen LogP contribution in [0.1, 0.15) is 78.3 Å². The summed E-state index contributed by atoms with van der Waals surface area (Å²) < 4.78 is 26.3. The molecule has 0 aromatic heterocycles. The first-order valence-corrected chi connectivity index (χ1v) is 17.4. The van der Waals surface area contributed by atoms with Gasteiger partial charge in [-0.25, -0.2) is 13.4 Å². The highest BCUT2D eigenvalue weighted by atomic mass is 32.2. The van der Waals surface area contributed by atoms with Crippen LogP contribution in [0.3, 0.4) is 0 Å². The highest BCUT2D eigenvalue weighted by Crippen LogP contribution is 2.16. The fraction of sp³-hybridized carbons (Fsp3) is 0.389. The second-order valence-corrected chi connectivity index (χ2v) is 12.9. The van der Waals surface area contributed by atoms with Gasteiger partial charge in [0.05, 0.1) is 17.0 Å². The van der Waals surface area contributed by atoms with Gasteiger partial charge in [0, 0.05) is 42.9 Å². The molecule has 10 heteroatoms. The van der Waals surface area contributed by atoms with Crippen LogP contribution < -0.4 is 10.1 Å². The fourth-order valence-corrected chi connectivity index (χ4v) is 6.23. The van der Waals surface area contributed by atoms with E-state index in [9.17, 15) is 23.1 Å². The van der Waals surface area contributed by atoms with Crippen molar-refractivity contribution in [2.45, 2.75) is 69.9 Å². The average Bonchev–Trinajstić information content (AvgIpc) is 3.06. The number of nitrogens with zero attached hydrogens (tertiary/aromatic N) is 2. The number of aliphatic hydroxyl groups excluding tert-OH is 1. The quantitative estimate of drug-likeness (QED) is 0.137. The van der Waals surface area contributed by atoms with Gasteiger partial charge < -0.3 is 15.3 Å². The Kier molecular flexibility index (Phi) is 14.4. The van der Waals surface area contributed by atoms with Crippen molar-refractivity contribution in [1.29, 1.82) is 0 Å². The van der Waals surface area contributed by atoms with Crippen molar-refractivity contribution in [3.05, 3.63) is 101 Å². The van der Waals surface area contributed by atoms with Crippen LogP contribution in [-0.2, 0) is 16.4 Å². The number of carbonyl (C=O) groups is 2. The van der Waals surface area contributed by atoms with Crippen molar-refractivity contribution in [2.24, 2.45) is 0 Å². The van der Waals surface area contributed by atoms with Gasteiger partial charge in [-0.2, -0.15) is 0 Å². The number of benzene rings is 3. The smallest absolute Gasteiger partial charge is 0.253 e. The van der Waals surface area contributed by atoms with E-state index in [1.165, 1.54) is 23.2 Å². The van der Waals surface area contributed by atoms with Crippen molar-refractivity contribution in [3.8, 4) is 12.3 Å². The van der Waals surface area contributed by atoms with E-state index in [0.29, 0.717) is 37.2 Å². The van der Waals surface area contributed by atoms with Crippen molar-refractivity contribution in [1.82, 2.24) is 20.1 Å². The van der Waals surface area contributed by atoms with Gasteiger partial charge >= 0.3 is 0 Å². The van der Waals surface area contributed by atoms with E-state index in [4.69, 9.17) is 6.42 Å². The predicted molar refractivity (Wildman–Crippen MR) is 182 cm³/mol. The Morgan fingerprint density at radius 3 is 2.07 bits per heavy atom. The molecular weight excluding hydrogens is 600 g/mol. The molecule has 0 spiro atoms. The summed E-state index contributed by atoms with van der Waals surface area (Å²) in [6.07, 6.45) is 7.91. The zero-order chi connectivity index (χ0) is 33.5. The SMILES string of the molecule is C#Cc1cc(C(=O)NC(Cc2ccccc2)C(O)CN(CCCC)NS(=O)(=O)c2ccccc2)cc(C(=O)N(CCC)CCC)c1. The maximum atomic E-state index is 13.7. The third kappa shape index (κ3) is 10.8. The van der Waals surface area contributed by atoms with Gasteiger partial charge in [-0.3, -0.25) is 9.59 Å². The first-order valence-electron chi connectivity index (χ1n) is 15.9. The monoisotopic (exact) mass is 646 g/mol. The third-order valence-electron chi connectivity index (χ3n) is 7.45. The summed E-state index contributed by atoms with van der Waals surface area (Å²) in [4.78, 5) is 31.6. The number of aliphatic hydroxyl groups is 1. The number of unbranched alkanes of at least 4 members (excludes halogenated alkanes) is 1. The van der Waals surface area contributed by atoms with E-state index in [-0.39, 0.29) is 29.3 Å². The normalized spacial score (nSPS) is 12.7. The Morgan fingerprint density at radius 1 is 0.870 bits per heavy atom. The minimum atomic E-state index is -3.90. The summed E-state index contributed by atoms with van der Waals surface area (Å²) in [5, 5.41) is 16.0. The molecule has 246 valence electrons. The van der Waals surface area contributed by atoms with Crippen LogP contribution in [0.15, 0.2) is 83.8 Å². The number of nitrogens with one attached hydrogen (secondary N) is 2. The maximum Gasteiger partial charge on any atom is 0.253 e. The van der Waals surface area contributed by atoms with E-state index in [1.807, 2.05) is 51.1 Å². The molecule has 3 aromatic carbocycles. The third-order valence-corrected chi connectivity index (χ3v) is 8.85. The second kappa shape index (κ2) is 18.2. The molecule has 3 rings (SSSR count). The van der Waals surface area contributed by atoms with E-state index < -0.39 is 28.1 Å². The van der Waals surface area contributed by atoms with Crippen molar-refractivity contribution >= 4 is 21.8 Å². The van der Waals surface area contributed by atoms with Crippen molar-refractivity contribution in [3.63, 3.8) is 0 Å². The molecule has 2 unspecified atom stereocenters. The van der Waals surface area contributed by atoms with Crippen molar-refractivity contribution < 1.29 is 23.1 Å². The molecule has 3 aromatic rings. The molecule has 0 aliphatic rings. The topological polar surface area (TPSA) is 119 Å². The summed E-state index contributed by atoms with van der Waals surface area (Å²) in [5.41, 5.74) is 1.79. The zero-order valence-corrected chi connectivity index (χ0v) is 27.8. The molecule has 2 atom stereocenters. The van der Waals surface area contributed by atoms with Crippen LogP contribution in [0.2, 0.25) is 0 Å². The molecule has 2 amide bonds. The van der Waals surface area contributed by atoms with E-state index >= 15 is 0 Å². The number of sulfonamides is 1. The number of carbonyl (C=O) groups excluding carboxylic acids is 2. The first kappa shape index (κ1) is 36.5. The lowest BCUT2D eigenvalue weighted by molar-refractivity contribution is 0.0614. The fourth-order valence-electron chi connectivity index (χ4n) is 5.10. The Hall–Kier alpha value is -4.01. The molecule has 0 aliphatic heterocycles. The molecule has 0 saturated carbocycles. The minimum absolute atomic E-state index is 0.0824. The molecular formula is C36H46N4O5S. The second-order valence-electron chi connectivity index (χ2n) is 11.3. The molecule has 0 radical (unpaired) electrons. The highest BCUT2D eigenvalue weighted by molar-refractivity contribution is 7.89. The van der Waals surface area contributed by atoms with Gasteiger partial charge in [0.2, 0.25) is 0 Å². The van der Waals surface area contributed by atoms with Gasteiger partial charge in [0.1, 0.15) is 0 Å². The number of rotatable bonds is 18. The summed E-state index contributed by atoms with van der Waals surface area (Å²) in [7, 11) is -3.90. The molecule has 0 bridgehead atoms. The maximum absolute atomic E-state index is 13.7. The van der Waals surface area contributed by atoms with Crippen LogP contribution in [-0.4, -0.2) is 73.6 Å².